The van der Waals surface area contributed by atoms with E-state index < -0.39 is 32.1 Å². The van der Waals surface area contributed by atoms with Gasteiger partial charge >= 0.3 is 0 Å². The molecule has 0 bridgehead atoms. The predicted molar refractivity (Wildman–Crippen MR) is 176 cm³/mol. The maximum atomic E-state index is 14.0. The van der Waals surface area contributed by atoms with Crippen LogP contribution in [-0.4, -0.2) is 16.8 Å². The largest absolute Gasteiger partial charge is 0.241 e. The Morgan fingerprint density at radius 1 is 0.432 bits per heavy atom. The quantitative estimate of drug-likeness (QED) is 0.177. The lowest BCUT2D eigenvalue weighted by atomic mass is 9.89. The molecular weight excluding hydrogens is 589 g/mol. The monoisotopic (exact) mass is 620 g/mol. The van der Waals surface area contributed by atoms with E-state index in [-0.39, 0.29) is 9.79 Å². The van der Waals surface area contributed by atoms with Gasteiger partial charge in [-0.3, -0.25) is 0 Å². The molecule has 6 nitrogen and oxygen atoms in total. The van der Waals surface area contributed by atoms with Crippen molar-refractivity contribution < 1.29 is 16.8 Å². The summed E-state index contributed by atoms with van der Waals surface area (Å²) in [5, 5.41) is 3.43. The van der Waals surface area contributed by atoms with Crippen molar-refractivity contribution >= 4 is 41.6 Å². The fourth-order valence-corrected chi connectivity index (χ4v) is 8.03. The van der Waals surface area contributed by atoms with Gasteiger partial charge in [-0.05, 0) is 70.8 Å². The molecule has 0 aliphatic carbocycles. The molecule has 0 radical (unpaired) electrons. The van der Waals surface area contributed by atoms with Crippen LogP contribution >= 0.6 is 0 Å². The van der Waals surface area contributed by atoms with Gasteiger partial charge in [0.1, 0.15) is 0 Å². The van der Waals surface area contributed by atoms with Gasteiger partial charge in [0.05, 0.1) is 21.9 Å². The maximum Gasteiger partial charge on any atom is 0.241 e. The van der Waals surface area contributed by atoms with Crippen molar-refractivity contribution in [3.05, 3.63) is 156 Å². The highest BCUT2D eigenvalue weighted by molar-refractivity contribution is 7.90. The van der Waals surface area contributed by atoms with Gasteiger partial charge < -0.3 is 0 Å². The maximum absolute atomic E-state index is 14.0. The molecule has 2 atom stereocenters. The summed E-state index contributed by atoms with van der Waals surface area (Å²) in [6.07, 6.45) is 0. The lowest BCUT2D eigenvalue weighted by Gasteiger charge is -2.31. The third-order valence-corrected chi connectivity index (χ3v) is 10.8. The van der Waals surface area contributed by atoms with Gasteiger partial charge in [-0.1, -0.05) is 120 Å². The Hall–Kier alpha value is -4.34. The summed E-state index contributed by atoms with van der Waals surface area (Å²) >= 11 is 0. The molecule has 0 aliphatic rings. The smallest absolute Gasteiger partial charge is 0.207 e. The van der Waals surface area contributed by atoms with E-state index >= 15 is 0 Å². The fourth-order valence-electron chi connectivity index (χ4n) is 5.57. The van der Waals surface area contributed by atoms with Crippen molar-refractivity contribution in [1.29, 1.82) is 0 Å². The highest BCUT2D eigenvalue weighted by Gasteiger charge is 2.35. The molecule has 44 heavy (non-hydrogen) atoms. The minimum absolute atomic E-state index is 0.0893. The first-order chi connectivity index (χ1) is 21.1. The molecule has 2 N–H and O–H groups in total. The number of nitrogens with one attached hydrogen (secondary N) is 2. The van der Waals surface area contributed by atoms with Crippen molar-refractivity contribution in [1.82, 2.24) is 9.44 Å². The molecule has 6 rings (SSSR count). The van der Waals surface area contributed by atoms with E-state index in [1.54, 1.807) is 48.5 Å². The first-order valence-corrected chi connectivity index (χ1v) is 17.2. The lowest BCUT2D eigenvalue weighted by Crippen LogP contribution is -2.41. The Labute approximate surface area is 258 Å². The molecule has 0 fully saturated rings. The average molecular weight is 621 g/mol. The molecule has 0 saturated carbocycles. The zero-order valence-corrected chi connectivity index (χ0v) is 25.9. The highest BCUT2D eigenvalue weighted by atomic mass is 32.2. The highest BCUT2D eigenvalue weighted by Crippen LogP contribution is 2.38. The lowest BCUT2D eigenvalue weighted by molar-refractivity contribution is 0.470. The predicted octanol–water partition coefficient (Wildman–Crippen LogP) is 7.35. The molecule has 8 heteroatoms. The van der Waals surface area contributed by atoms with Gasteiger partial charge in [-0.15, -0.1) is 0 Å². The second-order valence-electron chi connectivity index (χ2n) is 11.0. The Bertz CT molecular complexity index is 2010. The van der Waals surface area contributed by atoms with Crippen LogP contribution in [0.15, 0.2) is 143 Å². The number of fused-ring (bicyclic) bond motifs is 2. The minimum atomic E-state index is -4.11. The Balaban J connectivity index is 1.60. The van der Waals surface area contributed by atoms with Crippen LogP contribution in [0, 0.1) is 13.8 Å². The Kier molecular flexibility index (Phi) is 8.09. The van der Waals surface area contributed by atoms with E-state index in [0.29, 0.717) is 11.1 Å². The zero-order valence-electron chi connectivity index (χ0n) is 24.3. The third-order valence-electron chi connectivity index (χ3n) is 7.88. The van der Waals surface area contributed by atoms with E-state index in [1.165, 1.54) is 0 Å². The summed E-state index contributed by atoms with van der Waals surface area (Å²) in [4.78, 5) is 0.179. The van der Waals surface area contributed by atoms with Crippen molar-refractivity contribution in [2.75, 3.05) is 0 Å². The summed E-state index contributed by atoms with van der Waals surface area (Å²) < 4.78 is 62.0. The number of hydrogen-bond acceptors (Lipinski definition) is 4. The molecule has 0 spiro atoms. The first-order valence-electron chi connectivity index (χ1n) is 14.3. The standard InChI is InChI=1S/C36H32N2O4S2/c1-25-17-21-29(22-18-25)43(39,40)37-35(33-15-7-11-27-9-3-5-13-31(27)33)36(34-16-8-12-28-10-4-6-14-32(28)34)38-44(41,42)30-23-19-26(2)20-24-30/h3-24,35-38H,1-2H3. The molecular formula is C36H32N2O4S2. The number of sulfonamides is 2. The molecule has 0 amide bonds. The molecule has 6 aromatic rings. The van der Waals surface area contributed by atoms with Crippen LogP contribution in [0.2, 0.25) is 0 Å². The molecule has 0 saturated heterocycles. The van der Waals surface area contributed by atoms with Crippen LogP contribution in [0.5, 0.6) is 0 Å². The molecule has 6 aromatic carbocycles. The molecule has 222 valence electrons. The molecule has 0 heterocycles. The topological polar surface area (TPSA) is 92.3 Å². The summed E-state index contributed by atoms with van der Waals surface area (Å²) in [6.45, 7) is 3.78. The minimum Gasteiger partial charge on any atom is -0.207 e. The van der Waals surface area contributed by atoms with Crippen molar-refractivity contribution in [2.24, 2.45) is 0 Å². The van der Waals surface area contributed by atoms with E-state index in [1.807, 2.05) is 98.8 Å². The van der Waals surface area contributed by atoms with Crippen LogP contribution in [0.4, 0.5) is 0 Å². The second-order valence-corrected chi connectivity index (χ2v) is 14.4. The van der Waals surface area contributed by atoms with Gasteiger partial charge in [-0.2, -0.15) is 0 Å². The average Bonchev–Trinajstić information content (AvgIpc) is 3.03. The fraction of sp³-hybridized carbons (Fsp3) is 0.111. The number of benzene rings is 6. The van der Waals surface area contributed by atoms with Crippen LogP contribution in [0.3, 0.4) is 0 Å². The third kappa shape index (κ3) is 6.02. The summed E-state index contributed by atoms with van der Waals surface area (Å²) in [7, 11) is -8.22. The van der Waals surface area contributed by atoms with Gasteiger partial charge in [0.25, 0.3) is 0 Å². The normalized spacial score (nSPS) is 13.6. The number of hydrogen-bond donors (Lipinski definition) is 2. The number of rotatable bonds is 9. The van der Waals surface area contributed by atoms with E-state index in [2.05, 4.69) is 9.44 Å². The van der Waals surface area contributed by atoms with E-state index in [4.69, 9.17) is 0 Å². The van der Waals surface area contributed by atoms with Crippen LogP contribution < -0.4 is 9.44 Å². The van der Waals surface area contributed by atoms with Gasteiger partial charge in [0.15, 0.2) is 0 Å². The van der Waals surface area contributed by atoms with Gasteiger partial charge in [0.2, 0.25) is 20.0 Å². The number of aryl methyl sites for hydroxylation is 2. The summed E-state index contributed by atoms with van der Waals surface area (Å²) in [5.41, 5.74) is 3.13. The van der Waals surface area contributed by atoms with Gasteiger partial charge in [-0.25, -0.2) is 26.3 Å². The summed E-state index contributed by atoms with van der Waals surface area (Å²) in [6, 6.07) is 37.8. The second kappa shape index (κ2) is 12.0. The molecule has 2 unspecified atom stereocenters. The van der Waals surface area contributed by atoms with Crippen molar-refractivity contribution in [3.63, 3.8) is 0 Å². The van der Waals surface area contributed by atoms with Crippen LogP contribution in [-0.2, 0) is 20.0 Å². The van der Waals surface area contributed by atoms with E-state index in [9.17, 15) is 16.8 Å². The van der Waals surface area contributed by atoms with Gasteiger partial charge in [0, 0.05) is 0 Å². The molecule has 0 aliphatic heterocycles. The zero-order chi connectivity index (χ0) is 30.9. The first kappa shape index (κ1) is 29.7. The Morgan fingerprint density at radius 2 is 0.773 bits per heavy atom. The van der Waals surface area contributed by atoms with Crippen LogP contribution in [0.1, 0.15) is 34.3 Å². The Morgan fingerprint density at radius 3 is 1.16 bits per heavy atom. The summed E-state index contributed by atoms with van der Waals surface area (Å²) in [5.74, 6) is 0. The van der Waals surface area contributed by atoms with Crippen LogP contribution in [0.25, 0.3) is 21.5 Å². The molecule has 0 aromatic heterocycles. The SMILES string of the molecule is Cc1ccc(S(=O)(=O)NC(c2cccc3ccccc23)C(NS(=O)(=O)c2ccc(C)cc2)c2cccc3ccccc23)cc1. The van der Waals surface area contributed by atoms with Crippen molar-refractivity contribution in [3.8, 4) is 0 Å². The van der Waals surface area contributed by atoms with E-state index in [0.717, 1.165) is 32.7 Å². The van der Waals surface area contributed by atoms with Crippen molar-refractivity contribution in [2.45, 2.75) is 35.7 Å².